The average molecular weight is 96.0 g/mol. The van der Waals surface area contributed by atoms with E-state index in [9.17, 15) is 0 Å². The smallest absolute Gasteiger partial charge is 0.111 e. The first-order valence-electron chi connectivity index (χ1n) is 3.02. The largest absolute Gasteiger partial charge is 0.317 e. The molecule has 1 fully saturated rings. The van der Waals surface area contributed by atoms with Gasteiger partial charge in [-0.2, -0.15) is 0 Å². The third-order valence-electron chi connectivity index (χ3n) is 1.29. The van der Waals surface area contributed by atoms with Gasteiger partial charge in [-0.05, 0) is 19.5 Å². The lowest BCUT2D eigenvalue weighted by Crippen LogP contribution is -2.12. The van der Waals surface area contributed by atoms with E-state index in [4.69, 9.17) is 0 Å². The maximum absolute atomic E-state index is 3.32. The molecule has 1 nitrogen and oxygen atoms in total. The summed E-state index contributed by atoms with van der Waals surface area (Å²) in [6.45, 7) is 2.41. The molecule has 0 aromatic heterocycles. The molecule has 1 radical (unpaired) electrons. The molecule has 2 heteroatoms. The van der Waals surface area contributed by atoms with Crippen LogP contribution >= 0.6 is 0 Å². The molecule has 0 aromatic carbocycles. The lowest BCUT2D eigenvalue weighted by atomic mass is 9.71. The van der Waals surface area contributed by atoms with Gasteiger partial charge in [0.05, 0.1) is 0 Å². The van der Waals surface area contributed by atoms with E-state index in [1.165, 1.54) is 32.2 Å². The fraction of sp³-hybridized carbons (Fsp3) is 1.00. The third-order valence-corrected chi connectivity index (χ3v) is 1.29. The molecule has 1 N–H and O–H groups in total. The molecule has 0 saturated carbocycles. The zero-order valence-electron chi connectivity index (χ0n) is 4.61. The minimum Gasteiger partial charge on any atom is -0.317 e. The van der Waals surface area contributed by atoms with Crippen LogP contribution in [0.25, 0.3) is 0 Å². The Morgan fingerprint density at radius 3 is 3.14 bits per heavy atom. The van der Waals surface area contributed by atoms with Gasteiger partial charge in [-0.3, -0.25) is 0 Å². The van der Waals surface area contributed by atoms with Crippen LogP contribution in [0.15, 0.2) is 0 Å². The molecule has 0 amide bonds. The van der Waals surface area contributed by atoms with Gasteiger partial charge in [-0.15, -0.1) is 0 Å². The third kappa shape index (κ3) is 1.98. The highest BCUT2D eigenvalue weighted by atomic mass is 14.8. The van der Waals surface area contributed by atoms with E-state index >= 15 is 0 Å². The molecule has 39 valence electrons. The van der Waals surface area contributed by atoms with Crippen molar-refractivity contribution in [3.63, 3.8) is 0 Å². The van der Waals surface area contributed by atoms with Crippen LogP contribution in [0.3, 0.4) is 0 Å². The highest BCUT2D eigenvalue weighted by molar-refractivity contribution is 6.35. The molecule has 1 aliphatic rings. The van der Waals surface area contributed by atoms with Crippen molar-refractivity contribution in [1.29, 1.82) is 0 Å². The maximum Gasteiger partial charge on any atom is 0.111 e. The van der Waals surface area contributed by atoms with Crippen LogP contribution in [0.1, 0.15) is 6.42 Å². The quantitative estimate of drug-likeness (QED) is 0.433. The van der Waals surface area contributed by atoms with Gasteiger partial charge >= 0.3 is 0 Å². The monoisotopic (exact) mass is 96.1 g/mol. The van der Waals surface area contributed by atoms with Crippen molar-refractivity contribution in [2.45, 2.75) is 19.1 Å². The fourth-order valence-electron chi connectivity index (χ4n) is 0.845. The maximum atomic E-state index is 3.32. The summed E-state index contributed by atoms with van der Waals surface area (Å²) in [4.78, 5) is 0. The Balaban J connectivity index is 2.04. The van der Waals surface area contributed by atoms with Crippen molar-refractivity contribution < 1.29 is 0 Å². The van der Waals surface area contributed by atoms with Crippen molar-refractivity contribution in [3.05, 3.63) is 0 Å². The number of hydrogen-bond donors (Lipinski definition) is 1. The van der Waals surface area contributed by atoms with Gasteiger partial charge in [0.25, 0.3) is 0 Å². The van der Waals surface area contributed by atoms with Gasteiger partial charge in [0.2, 0.25) is 0 Å². The highest BCUT2D eigenvalue weighted by Crippen LogP contribution is 1.93. The van der Waals surface area contributed by atoms with E-state index in [1.54, 1.807) is 0 Å². The minimum absolute atomic E-state index is 1.19. The number of hydrogen-bond acceptors (Lipinski definition) is 1. The molecule has 1 rings (SSSR count). The fourth-order valence-corrected chi connectivity index (χ4v) is 0.845. The van der Waals surface area contributed by atoms with Gasteiger partial charge in [0, 0.05) is 0 Å². The summed E-state index contributed by atoms with van der Waals surface area (Å²) >= 11 is 0. The van der Waals surface area contributed by atoms with Crippen molar-refractivity contribution in [2.24, 2.45) is 0 Å². The van der Waals surface area contributed by atoms with E-state index in [-0.39, 0.29) is 0 Å². The lowest BCUT2D eigenvalue weighted by Gasteiger charge is -1.92. The lowest BCUT2D eigenvalue weighted by molar-refractivity contribution is 0.720. The van der Waals surface area contributed by atoms with Crippen molar-refractivity contribution in [1.82, 2.24) is 5.32 Å². The van der Waals surface area contributed by atoms with Gasteiger partial charge in [0.15, 0.2) is 0 Å². The Hall–Kier alpha value is 0.0249. The molecule has 0 unspecified atom stereocenters. The van der Waals surface area contributed by atoms with E-state index < -0.39 is 0 Å². The molecule has 0 atom stereocenters. The second-order valence-corrected chi connectivity index (χ2v) is 1.97. The summed E-state index contributed by atoms with van der Waals surface area (Å²) in [6, 6.07) is 0. The van der Waals surface area contributed by atoms with Gasteiger partial charge < -0.3 is 5.32 Å². The molecule has 1 saturated heterocycles. The zero-order chi connectivity index (χ0) is 4.95. The van der Waals surface area contributed by atoms with Crippen LogP contribution in [0.2, 0.25) is 12.6 Å². The number of rotatable bonds is 0. The molecule has 7 heavy (non-hydrogen) atoms. The normalized spacial score (nSPS) is 22.9. The first kappa shape index (κ1) is 5.17. The van der Waals surface area contributed by atoms with Crippen molar-refractivity contribution in [2.75, 3.05) is 13.1 Å². The Bertz CT molecular complexity index is 27.7. The van der Waals surface area contributed by atoms with Crippen molar-refractivity contribution in [3.8, 4) is 0 Å². The van der Waals surface area contributed by atoms with Crippen LogP contribution < -0.4 is 5.32 Å². The molecule has 0 spiro atoms. The Morgan fingerprint density at radius 2 is 2.14 bits per heavy atom. The minimum atomic E-state index is 1.19. The van der Waals surface area contributed by atoms with Gasteiger partial charge in [0.1, 0.15) is 7.28 Å². The van der Waals surface area contributed by atoms with Crippen LogP contribution in [0.4, 0.5) is 0 Å². The first-order valence-corrected chi connectivity index (χ1v) is 3.02. The van der Waals surface area contributed by atoms with E-state index in [0.29, 0.717) is 0 Å². The second kappa shape index (κ2) is 3.08. The first-order chi connectivity index (χ1) is 3.50. The topological polar surface area (TPSA) is 12.0 Å². The average Bonchev–Trinajstić information content (AvgIpc) is 1.90. The van der Waals surface area contributed by atoms with Crippen LogP contribution in [-0.2, 0) is 0 Å². The predicted molar refractivity (Wildman–Crippen MR) is 32.9 cm³/mol. The summed E-state index contributed by atoms with van der Waals surface area (Å²) in [5.41, 5.74) is 0. The van der Waals surface area contributed by atoms with Gasteiger partial charge in [-0.25, -0.2) is 0 Å². The summed E-state index contributed by atoms with van der Waals surface area (Å²) in [5.74, 6) is 0. The molecule has 0 aliphatic carbocycles. The Morgan fingerprint density at radius 1 is 1.14 bits per heavy atom. The Labute approximate surface area is 45.7 Å². The zero-order valence-corrected chi connectivity index (χ0v) is 4.61. The molecular formula is C5H11BN. The van der Waals surface area contributed by atoms with E-state index in [0.717, 1.165) is 0 Å². The van der Waals surface area contributed by atoms with Gasteiger partial charge in [-0.1, -0.05) is 12.6 Å². The van der Waals surface area contributed by atoms with E-state index in [2.05, 4.69) is 12.6 Å². The predicted octanol–water partition coefficient (Wildman–Crippen LogP) is 0.520. The van der Waals surface area contributed by atoms with Crippen molar-refractivity contribution >= 4 is 7.28 Å². The standard InChI is InChI=1S/C5H11BN/c1-2-6-3-5-7-4-1/h7H,1-5H2. The van der Waals surface area contributed by atoms with Crippen LogP contribution in [-0.4, -0.2) is 20.4 Å². The second-order valence-electron chi connectivity index (χ2n) is 1.97. The number of nitrogens with one attached hydrogen (secondary N) is 1. The van der Waals surface area contributed by atoms with Crippen LogP contribution in [0, 0.1) is 0 Å². The molecule has 0 aromatic rings. The summed E-state index contributed by atoms with van der Waals surface area (Å²) in [6.07, 6.45) is 3.91. The SMILES string of the molecule is [B]1CCCNCC1. The summed E-state index contributed by atoms with van der Waals surface area (Å²) < 4.78 is 0. The molecule has 1 heterocycles. The molecular weight excluding hydrogens is 84.9 g/mol. The highest BCUT2D eigenvalue weighted by Gasteiger charge is 1.95. The molecule has 1 aliphatic heterocycles. The Kier molecular flexibility index (Phi) is 2.28. The summed E-state index contributed by atoms with van der Waals surface area (Å²) in [5, 5.41) is 3.32. The van der Waals surface area contributed by atoms with Crippen LogP contribution in [0.5, 0.6) is 0 Å². The van der Waals surface area contributed by atoms with E-state index in [1.807, 2.05) is 0 Å². The molecule has 0 bridgehead atoms. The summed E-state index contributed by atoms with van der Waals surface area (Å²) in [7, 11) is 2.36.